The van der Waals surface area contributed by atoms with Crippen LogP contribution in [-0.4, -0.2) is 30.3 Å². The summed E-state index contributed by atoms with van der Waals surface area (Å²) in [7, 11) is -4.15. The van der Waals surface area contributed by atoms with Gasteiger partial charge in [0, 0.05) is 13.2 Å². The molecule has 23 heavy (non-hydrogen) atoms. The summed E-state index contributed by atoms with van der Waals surface area (Å²) in [4.78, 5) is 0. The Balaban J connectivity index is 3.98. The smallest absolute Gasteiger partial charge is 0.322 e. The van der Waals surface area contributed by atoms with Gasteiger partial charge in [0.1, 0.15) is 0 Å². The SMILES string of the molecule is CCCCCCCCO[Si](C)(C)O[Si](C)(C)OCC(CC)CC. The lowest BCUT2D eigenvalue weighted by atomic mass is 10.1. The Morgan fingerprint density at radius 3 is 1.78 bits per heavy atom. The Hall–Kier alpha value is 0.314. The molecule has 0 aliphatic heterocycles. The molecule has 0 aromatic carbocycles. The van der Waals surface area contributed by atoms with Crippen molar-refractivity contribution in [1.29, 1.82) is 0 Å². The highest BCUT2D eigenvalue weighted by Crippen LogP contribution is 2.19. The average Bonchev–Trinajstić information content (AvgIpc) is 2.46. The van der Waals surface area contributed by atoms with Gasteiger partial charge >= 0.3 is 17.1 Å². The Bertz CT molecular complexity index is 279. The van der Waals surface area contributed by atoms with E-state index in [0.29, 0.717) is 5.92 Å². The molecular weight excluding hydrogens is 320 g/mol. The van der Waals surface area contributed by atoms with Gasteiger partial charge in [0.2, 0.25) is 0 Å². The first-order chi connectivity index (χ1) is 10.8. The maximum Gasteiger partial charge on any atom is 0.322 e. The summed E-state index contributed by atoms with van der Waals surface area (Å²) in [6, 6.07) is 0. The molecule has 0 unspecified atom stereocenters. The summed E-state index contributed by atoms with van der Waals surface area (Å²) < 4.78 is 18.6. The van der Waals surface area contributed by atoms with Crippen LogP contribution < -0.4 is 0 Å². The second-order valence-electron chi connectivity index (χ2n) is 7.51. The summed E-state index contributed by atoms with van der Waals surface area (Å²) in [5, 5.41) is 0. The minimum Gasteiger partial charge on any atom is -0.415 e. The fraction of sp³-hybridized carbons (Fsp3) is 1.00. The third-order valence-electron chi connectivity index (χ3n) is 4.26. The van der Waals surface area contributed by atoms with Crippen LogP contribution in [0.3, 0.4) is 0 Å². The van der Waals surface area contributed by atoms with Gasteiger partial charge in [0.15, 0.2) is 0 Å². The van der Waals surface area contributed by atoms with Crippen molar-refractivity contribution in [3.8, 4) is 0 Å². The van der Waals surface area contributed by atoms with Crippen molar-refractivity contribution in [3.63, 3.8) is 0 Å². The minimum absolute atomic E-state index is 0.652. The topological polar surface area (TPSA) is 27.7 Å². The van der Waals surface area contributed by atoms with Gasteiger partial charge in [-0.05, 0) is 38.5 Å². The van der Waals surface area contributed by atoms with E-state index >= 15 is 0 Å². The molecule has 0 N–H and O–H groups in total. The van der Waals surface area contributed by atoms with E-state index in [0.717, 1.165) is 19.6 Å². The van der Waals surface area contributed by atoms with Crippen molar-refractivity contribution in [1.82, 2.24) is 0 Å². The van der Waals surface area contributed by atoms with Gasteiger partial charge < -0.3 is 13.0 Å². The summed E-state index contributed by atoms with van der Waals surface area (Å²) >= 11 is 0. The number of hydrogen-bond acceptors (Lipinski definition) is 3. The Morgan fingerprint density at radius 1 is 0.696 bits per heavy atom. The van der Waals surface area contributed by atoms with Crippen molar-refractivity contribution in [2.45, 2.75) is 98.3 Å². The number of hydrogen-bond donors (Lipinski definition) is 0. The largest absolute Gasteiger partial charge is 0.415 e. The lowest BCUT2D eigenvalue weighted by molar-refractivity contribution is 0.168. The monoisotopic (exact) mass is 362 g/mol. The summed E-state index contributed by atoms with van der Waals surface area (Å²) in [5.41, 5.74) is 0. The molecule has 140 valence electrons. The van der Waals surface area contributed by atoms with Gasteiger partial charge in [-0.15, -0.1) is 0 Å². The van der Waals surface area contributed by atoms with Crippen LogP contribution in [0, 0.1) is 5.92 Å². The van der Waals surface area contributed by atoms with Crippen LogP contribution in [0.1, 0.15) is 72.1 Å². The zero-order chi connectivity index (χ0) is 17.8. The first-order valence-electron chi connectivity index (χ1n) is 9.74. The molecule has 0 heterocycles. The molecule has 0 saturated carbocycles. The Morgan fingerprint density at radius 2 is 1.22 bits per heavy atom. The average molecular weight is 363 g/mol. The molecule has 0 fully saturated rings. The first-order valence-corrected chi connectivity index (χ1v) is 15.4. The standard InChI is InChI=1S/C18H42O3Si2/c1-8-11-12-13-14-15-16-19-22(4,5)21-23(6,7)20-17-18(9-2)10-3/h18H,8-17H2,1-7H3. The Labute approximate surface area is 148 Å². The van der Waals surface area contributed by atoms with Crippen molar-refractivity contribution < 1.29 is 13.0 Å². The fourth-order valence-corrected chi connectivity index (χ4v) is 9.17. The van der Waals surface area contributed by atoms with Gasteiger partial charge in [-0.1, -0.05) is 65.7 Å². The van der Waals surface area contributed by atoms with Crippen molar-refractivity contribution in [2.24, 2.45) is 5.92 Å². The highest BCUT2D eigenvalue weighted by Gasteiger charge is 2.36. The van der Waals surface area contributed by atoms with Gasteiger partial charge in [0.05, 0.1) is 0 Å². The van der Waals surface area contributed by atoms with Crippen LogP contribution in [0.5, 0.6) is 0 Å². The van der Waals surface area contributed by atoms with Crippen molar-refractivity contribution in [2.75, 3.05) is 13.2 Å². The van der Waals surface area contributed by atoms with Crippen LogP contribution in [-0.2, 0) is 13.0 Å². The van der Waals surface area contributed by atoms with E-state index in [4.69, 9.17) is 13.0 Å². The van der Waals surface area contributed by atoms with Crippen LogP contribution in [0.15, 0.2) is 0 Å². The van der Waals surface area contributed by atoms with Gasteiger partial charge in [-0.3, -0.25) is 0 Å². The Kier molecular flexibility index (Phi) is 12.8. The molecule has 0 spiro atoms. The van der Waals surface area contributed by atoms with E-state index in [1.165, 1.54) is 44.9 Å². The van der Waals surface area contributed by atoms with Crippen molar-refractivity contribution >= 4 is 17.1 Å². The molecule has 0 aliphatic rings. The molecule has 0 aromatic heterocycles. The molecule has 0 radical (unpaired) electrons. The molecule has 0 aliphatic carbocycles. The second-order valence-corrected chi connectivity index (χ2v) is 14.5. The van der Waals surface area contributed by atoms with E-state index in [9.17, 15) is 0 Å². The van der Waals surface area contributed by atoms with E-state index in [-0.39, 0.29) is 0 Å². The molecule has 0 bridgehead atoms. The number of unbranched alkanes of at least 4 members (excludes halogenated alkanes) is 5. The minimum atomic E-state index is -2.08. The second kappa shape index (κ2) is 12.6. The van der Waals surface area contributed by atoms with Gasteiger partial charge in [0.25, 0.3) is 0 Å². The van der Waals surface area contributed by atoms with Crippen LogP contribution >= 0.6 is 0 Å². The third kappa shape index (κ3) is 13.3. The molecule has 0 aromatic rings. The summed E-state index contributed by atoms with van der Waals surface area (Å²) in [6.45, 7) is 17.0. The lowest BCUT2D eigenvalue weighted by Gasteiger charge is -2.33. The van der Waals surface area contributed by atoms with Crippen LogP contribution in [0.2, 0.25) is 26.2 Å². The molecule has 0 atom stereocenters. The highest BCUT2D eigenvalue weighted by molar-refractivity contribution is 6.78. The van der Waals surface area contributed by atoms with E-state index in [2.05, 4.69) is 47.0 Å². The van der Waals surface area contributed by atoms with E-state index in [1.54, 1.807) is 0 Å². The molecule has 5 heteroatoms. The van der Waals surface area contributed by atoms with E-state index in [1.807, 2.05) is 0 Å². The zero-order valence-corrected chi connectivity index (χ0v) is 18.9. The molecular formula is C18H42O3Si2. The summed E-state index contributed by atoms with van der Waals surface area (Å²) in [5.74, 6) is 0.652. The lowest BCUT2D eigenvalue weighted by Crippen LogP contribution is -2.49. The fourth-order valence-electron chi connectivity index (χ4n) is 2.69. The highest BCUT2D eigenvalue weighted by atomic mass is 28.5. The third-order valence-corrected chi connectivity index (χ3v) is 9.95. The van der Waals surface area contributed by atoms with Crippen molar-refractivity contribution in [3.05, 3.63) is 0 Å². The van der Waals surface area contributed by atoms with Gasteiger partial charge in [-0.25, -0.2) is 0 Å². The van der Waals surface area contributed by atoms with Crippen LogP contribution in [0.25, 0.3) is 0 Å². The zero-order valence-electron chi connectivity index (χ0n) is 16.9. The normalized spacial score (nSPS) is 13.0. The summed E-state index contributed by atoms with van der Waals surface area (Å²) in [6.07, 6.45) is 10.1. The maximum atomic E-state index is 6.34. The molecule has 0 amide bonds. The molecule has 3 nitrogen and oxygen atoms in total. The van der Waals surface area contributed by atoms with Crippen LogP contribution in [0.4, 0.5) is 0 Å². The van der Waals surface area contributed by atoms with E-state index < -0.39 is 17.1 Å². The molecule has 0 saturated heterocycles. The van der Waals surface area contributed by atoms with Gasteiger partial charge in [-0.2, -0.15) is 0 Å². The number of rotatable bonds is 15. The quantitative estimate of drug-likeness (QED) is 0.255. The predicted octanol–water partition coefficient (Wildman–Crippen LogP) is 6.24. The first kappa shape index (κ1) is 23.3. The molecule has 0 rings (SSSR count). The maximum absolute atomic E-state index is 6.34. The predicted molar refractivity (Wildman–Crippen MR) is 105 cm³/mol.